The van der Waals surface area contributed by atoms with E-state index in [1.165, 1.54) is 48.5 Å². The molecule has 0 aliphatic rings. The predicted octanol–water partition coefficient (Wildman–Crippen LogP) is 9.10. The van der Waals surface area contributed by atoms with E-state index in [0.717, 1.165) is 0 Å². The van der Waals surface area contributed by atoms with Gasteiger partial charge in [-0.1, -0.05) is 164 Å². The van der Waals surface area contributed by atoms with E-state index in [4.69, 9.17) is 23.7 Å². The quantitative estimate of drug-likeness (QED) is 0.0357. The number of esters is 4. The third-order valence-electron chi connectivity index (χ3n) is 10.2. The number of hydrogen-bond acceptors (Lipinski definition) is 10. The van der Waals surface area contributed by atoms with Gasteiger partial charge >= 0.3 is 23.9 Å². The second-order valence-corrected chi connectivity index (χ2v) is 14.2. The number of rotatable bonds is 18. The highest BCUT2D eigenvalue weighted by Crippen LogP contribution is 2.41. The van der Waals surface area contributed by atoms with Gasteiger partial charge in [0, 0.05) is 0 Å². The molecule has 10 nitrogen and oxygen atoms in total. The van der Waals surface area contributed by atoms with Crippen molar-refractivity contribution in [2.75, 3.05) is 6.61 Å². The van der Waals surface area contributed by atoms with Crippen molar-refractivity contribution in [2.45, 2.75) is 30.0 Å². The van der Waals surface area contributed by atoms with E-state index < -0.39 is 60.5 Å². The molecule has 0 unspecified atom stereocenters. The summed E-state index contributed by atoms with van der Waals surface area (Å²) in [5.74, 6) is -3.68. The van der Waals surface area contributed by atoms with Gasteiger partial charge in [-0.15, -0.1) is 0 Å². The minimum Gasteiger partial charge on any atom is -0.452 e. The average molecular weight is 839 g/mol. The van der Waals surface area contributed by atoms with E-state index >= 15 is 0 Å². The fraction of sp³-hybridized carbons (Fsp3) is 0.113. The summed E-state index contributed by atoms with van der Waals surface area (Å²) in [4.78, 5) is 69.5. The molecular weight excluding hydrogens is 797 g/mol. The first-order chi connectivity index (χ1) is 30.9. The number of ether oxygens (including phenoxy) is 5. The first-order valence-corrected chi connectivity index (χ1v) is 20.2. The molecule has 0 spiro atoms. The molecule has 7 aromatic carbocycles. The van der Waals surface area contributed by atoms with Gasteiger partial charge in [0.05, 0.1) is 28.9 Å². The minimum absolute atomic E-state index is 0.0694. The van der Waals surface area contributed by atoms with Crippen LogP contribution >= 0.6 is 0 Å². The number of aldehydes is 1. The van der Waals surface area contributed by atoms with Crippen LogP contribution in [0.2, 0.25) is 0 Å². The minimum atomic E-state index is -1.92. The molecule has 0 fully saturated rings. The van der Waals surface area contributed by atoms with E-state index in [1.807, 2.05) is 91.0 Å². The van der Waals surface area contributed by atoms with Gasteiger partial charge < -0.3 is 23.7 Å². The molecule has 0 aromatic heterocycles. The lowest BCUT2D eigenvalue weighted by Crippen LogP contribution is -2.54. The highest BCUT2D eigenvalue weighted by atomic mass is 16.6. The number of hydrogen-bond donors (Lipinski definition) is 0. The first kappa shape index (κ1) is 43.1. The third kappa shape index (κ3) is 10.5. The SMILES string of the molecule is O=C[C@H](OC(=O)c1ccccc1)[C@@H](OC(=O)c1ccccc1)[C@H](OC(=O)c1ccccc1)[C@H](COC(c1ccccc1)(c1ccccc1)c1ccccc1)OC(=O)c1ccccc1. The topological polar surface area (TPSA) is 132 Å². The van der Waals surface area contributed by atoms with E-state index in [1.54, 1.807) is 72.8 Å². The number of carbonyl (C=O) groups is 5. The lowest BCUT2D eigenvalue weighted by Gasteiger charge is -2.39. The molecule has 10 heteroatoms. The second-order valence-electron chi connectivity index (χ2n) is 14.2. The van der Waals surface area contributed by atoms with Crippen molar-refractivity contribution in [3.63, 3.8) is 0 Å². The van der Waals surface area contributed by atoms with Gasteiger partial charge in [0.1, 0.15) is 5.60 Å². The molecule has 63 heavy (non-hydrogen) atoms. The van der Waals surface area contributed by atoms with Crippen molar-refractivity contribution in [2.24, 2.45) is 0 Å². The maximum absolute atomic E-state index is 14.3. The molecule has 0 bridgehead atoms. The van der Waals surface area contributed by atoms with Crippen LogP contribution in [0, 0.1) is 0 Å². The summed E-state index contributed by atoms with van der Waals surface area (Å²) in [6, 6.07) is 60.0. The summed E-state index contributed by atoms with van der Waals surface area (Å²) in [5.41, 5.74) is 1.07. The van der Waals surface area contributed by atoms with Crippen LogP contribution in [-0.4, -0.2) is 61.2 Å². The van der Waals surface area contributed by atoms with Crippen LogP contribution in [0.25, 0.3) is 0 Å². The fourth-order valence-electron chi connectivity index (χ4n) is 7.10. The summed E-state index contributed by atoms with van der Waals surface area (Å²) in [7, 11) is 0. The zero-order valence-corrected chi connectivity index (χ0v) is 33.9. The molecule has 0 heterocycles. The summed E-state index contributed by atoms with van der Waals surface area (Å²) in [5, 5.41) is 0. The molecule has 0 radical (unpaired) electrons. The Morgan fingerprint density at radius 2 is 0.667 bits per heavy atom. The summed E-state index contributed by atoms with van der Waals surface area (Å²) in [6.07, 6.45) is -7.10. The summed E-state index contributed by atoms with van der Waals surface area (Å²) < 4.78 is 31.6. The van der Waals surface area contributed by atoms with Crippen LogP contribution in [0.15, 0.2) is 212 Å². The second kappa shape index (κ2) is 21.0. The van der Waals surface area contributed by atoms with Gasteiger partial charge in [-0.05, 0) is 65.2 Å². The van der Waals surface area contributed by atoms with E-state index in [9.17, 15) is 24.0 Å². The molecule has 0 N–H and O–H groups in total. The molecule has 0 saturated carbocycles. The Morgan fingerprint density at radius 3 is 1.00 bits per heavy atom. The number of carbonyl (C=O) groups excluding carboxylic acids is 5. The summed E-state index contributed by atoms with van der Waals surface area (Å²) >= 11 is 0. The summed E-state index contributed by atoms with van der Waals surface area (Å²) in [6.45, 7) is -0.540. The largest absolute Gasteiger partial charge is 0.452 e. The lowest BCUT2D eigenvalue weighted by molar-refractivity contribution is -0.150. The number of benzene rings is 7. The van der Waals surface area contributed by atoms with Crippen molar-refractivity contribution in [1.29, 1.82) is 0 Å². The molecule has 7 aromatic rings. The van der Waals surface area contributed by atoms with Gasteiger partial charge in [0.25, 0.3) is 0 Å². The molecule has 4 atom stereocenters. The van der Waals surface area contributed by atoms with E-state index in [2.05, 4.69) is 0 Å². The van der Waals surface area contributed by atoms with Crippen molar-refractivity contribution in [1.82, 2.24) is 0 Å². The Bertz CT molecular complexity index is 2460. The van der Waals surface area contributed by atoms with Crippen molar-refractivity contribution in [3.8, 4) is 0 Å². The highest BCUT2D eigenvalue weighted by Gasteiger charge is 2.47. The van der Waals surface area contributed by atoms with Crippen LogP contribution in [0.3, 0.4) is 0 Å². The van der Waals surface area contributed by atoms with Gasteiger partial charge in [-0.25, -0.2) is 19.2 Å². The molecule has 7 rings (SSSR count). The van der Waals surface area contributed by atoms with Crippen LogP contribution < -0.4 is 0 Å². The Hall–Kier alpha value is -7.95. The van der Waals surface area contributed by atoms with Crippen molar-refractivity contribution in [3.05, 3.63) is 251 Å². The van der Waals surface area contributed by atoms with E-state index in [0.29, 0.717) is 16.7 Å². The maximum Gasteiger partial charge on any atom is 0.338 e. The molecular formula is C53H42O10. The van der Waals surface area contributed by atoms with Crippen molar-refractivity contribution >= 4 is 30.2 Å². The average Bonchev–Trinajstić information content (AvgIpc) is 3.36. The Balaban J connectivity index is 1.41. The van der Waals surface area contributed by atoms with Crippen LogP contribution in [0.4, 0.5) is 0 Å². The van der Waals surface area contributed by atoms with Gasteiger partial charge in [-0.2, -0.15) is 0 Å². The lowest BCUT2D eigenvalue weighted by atomic mass is 9.80. The molecule has 314 valence electrons. The zero-order chi connectivity index (χ0) is 43.9. The highest BCUT2D eigenvalue weighted by molar-refractivity contribution is 5.92. The Kier molecular flexibility index (Phi) is 14.4. The van der Waals surface area contributed by atoms with Gasteiger partial charge in [0.2, 0.25) is 0 Å². The molecule has 0 aliphatic heterocycles. The van der Waals surface area contributed by atoms with Crippen molar-refractivity contribution < 1.29 is 47.7 Å². The zero-order valence-electron chi connectivity index (χ0n) is 33.9. The van der Waals surface area contributed by atoms with Crippen LogP contribution in [-0.2, 0) is 34.1 Å². The molecule has 0 aliphatic carbocycles. The van der Waals surface area contributed by atoms with E-state index in [-0.39, 0.29) is 28.5 Å². The normalized spacial score (nSPS) is 13.0. The monoisotopic (exact) mass is 838 g/mol. The molecule has 0 saturated heterocycles. The van der Waals surface area contributed by atoms with Crippen LogP contribution in [0.5, 0.6) is 0 Å². The van der Waals surface area contributed by atoms with Gasteiger partial charge in [0.15, 0.2) is 30.7 Å². The van der Waals surface area contributed by atoms with Gasteiger partial charge in [-0.3, -0.25) is 4.79 Å². The Labute approximate surface area is 364 Å². The predicted molar refractivity (Wildman–Crippen MR) is 234 cm³/mol. The third-order valence-corrected chi connectivity index (χ3v) is 10.2. The molecule has 0 amide bonds. The van der Waals surface area contributed by atoms with Crippen LogP contribution in [0.1, 0.15) is 58.1 Å². The smallest absolute Gasteiger partial charge is 0.338 e. The first-order valence-electron chi connectivity index (χ1n) is 20.2. The fourth-order valence-corrected chi connectivity index (χ4v) is 7.10. The Morgan fingerprint density at radius 1 is 0.381 bits per heavy atom. The standard InChI is InChI=1S/C53H42O10/c54-36-45(60-49(55)38-22-8-1-9-23-38)47(62-51(57)40-26-12-3-13-27-40)48(63-52(58)41-28-14-4-15-29-41)46(61-50(56)39-24-10-2-11-25-39)37-59-53(42-30-16-5-17-31-42,43-32-18-6-19-33-43)44-34-20-7-21-35-44/h1-36,45-48H,37H2/t45-,46-,47+,48+/m0/s1. The maximum atomic E-state index is 14.3.